The van der Waals surface area contributed by atoms with E-state index in [4.69, 9.17) is 0 Å². The normalized spacial score (nSPS) is 9.55. The van der Waals surface area contributed by atoms with Crippen LogP contribution in [0.25, 0.3) is 0 Å². The molecule has 0 aliphatic rings. The second kappa shape index (κ2) is 3.81. The summed E-state index contributed by atoms with van der Waals surface area (Å²) in [5.41, 5.74) is 1.07. The number of hydrogen-bond donors (Lipinski definition) is 1. The molecule has 0 amide bonds. The van der Waals surface area contributed by atoms with Gasteiger partial charge in [-0.2, -0.15) is 0 Å². The standard InChI is InChI=1S/C8H11NO2/c1-11-8(10)5-4-7-3-2-6-9-7/h2-3,6,9H,4-5H2,1H3. The van der Waals surface area contributed by atoms with Crippen LogP contribution in [0.4, 0.5) is 0 Å². The monoisotopic (exact) mass is 153 g/mol. The van der Waals surface area contributed by atoms with Crippen molar-refractivity contribution in [2.45, 2.75) is 12.8 Å². The van der Waals surface area contributed by atoms with Gasteiger partial charge < -0.3 is 9.72 Å². The molecule has 1 N–H and O–H groups in total. The molecule has 0 spiro atoms. The third kappa shape index (κ3) is 2.45. The molecule has 3 nitrogen and oxygen atoms in total. The van der Waals surface area contributed by atoms with Crippen molar-refractivity contribution in [3.05, 3.63) is 24.0 Å². The van der Waals surface area contributed by atoms with Gasteiger partial charge in [-0.15, -0.1) is 0 Å². The Balaban J connectivity index is 2.29. The lowest BCUT2D eigenvalue weighted by molar-refractivity contribution is -0.140. The summed E-state index contributed by atoms with van der Waals surface area (Å²) in [6.45, 7) is 0. The minimum Gasteiger partial charge on any atom is -0.469 e. The lowest BCUT2D eigenvalue weighted by atomic mass is 10.2. The van der Waals surface area contributed by atoms with E-state index in [1.54, 1.807) is 0 Å². The van der Waals surface area contributed by atoms with Gasteiger partial charge in [0.25, 0.3) is 0 Å². The van der Waals surface area contributed by atoms with Crippen molar-refractivity contribution in [1.82, 2.24) is 4.98 Å². The number of ether oxygens (including phenoxy) is 1. The fourth-order valence-electron chi connectivity index (χ4n) is 0.862. The van der Waals surface area contributed by atoms with Crippen molar-refractivity contribution in [3.63, 3.8) is 0 Å². The lowest BCUT2D eigenvalue weighted by Crippen LogP contribution is -2.01. The van der Waals surface area contributed by atoms with Gasteiger partial charge in [-0.1, -0.05) is 0 Å². The molecule has 1 heterocycles. The molecule has 0 atom stereocenters. The fraction of sp³-hybridized carbons (Fsp3) is 0.375. The molecule has 0 bridgehead atoms. The zero-order valence-electron chi connectivity index (χ0n) is 6.46. The van der Waals surface area contributed by atoms with Gasteiger partial charge >= 0.3 is 5.97 Å². The molecule has 60 valence electrons. The molecule has 1 aromatic rings. The number of carbonyl (C=O) groups excluding carboxylic acids is 1. The van der Waals surface area contributed by atoms with E-state index in [0.717, 1.165) is 12.1 Å². The fourth-order valence-corrected chi connectivity index (χ4v) is 0.862. The Bertz CT molecular complexity index is 216. The molecule has 0 radical (unpaired) electrons. The lowest BCUT2D eigenvalue weighted by Gasteiger charge is -1.96. The van der Waals surface area contributed by atoms with Gasteiger partial charge in [-0.3, -0.25) is 4.79 Å². The maximum Gasteiger partial charge on any atom is 0.305 e. The van der Waals surface area contributed by atoms with Crippen LogP contribution in [0.2, 0.25) is 0 Å². The first-order valence-electron chi connectivity index (χ1n) is 3.52. The summed E-state index contributed by atoms with van der Waals surface area (Å²) in [4.78, 5) is 13.7. The minimum absolute atomic E-state index is 0.167. The highest BCUT2D eigenvalue weighted by Gasteiger charge is 2.00. The number of H-pyrrole nitrogens is 1. The molecule has 0 saturated heterocycles. The molecule has 0 unspecified atom stereocenters. The van der Waals surface area contributed by atoms with E-state index in [1.807, 2.05) is 18.3 Å². The van der Waals surface area contributed by atoms with Crippen molar-refractivity contribution < 1.29 is 9.53 Å². The van der Waals surface area contributed by atoms with Crippen LogP contribution >= 0.6 is 0 Å². The Morgan fingerprint density at radius 3 is 3.09 bits per heavy atom. The number of methoxy groups -OCH3 is 1. The van der Waals surface area contributed by atoms with Crippen LogP contribution in [0.3, 0.4) is 0 Å². The predicted molar refractivity (Wildman–Crippen MR) is 41.1 cm³/mol. The molecule has 0 aliphatic carbocycles. The zero-order chi connectivity index (χ0) is 8.10. The number of aromatic amines is 1. The molecule has 1 aromatic heterocycles. The molecule has 0 aromatic carbocycles. The first kappa shape index (κ1) is 7.85. The van der Waals surface area contributed by atoms with E-state index in [1.165, 1.54) is 7.11 Å². The number of hydrogen-bond acceptors (Lipinski definition) is 2. The Kier molecular flexibility index (Phi) is 2.72. The largest absolute Gasteiger partial charge is 0.469 e. The molecule has 0 fully saturated rings. The van der Waals surface area contributed by atoms with Crippen LogP contribution in [0, 0.1) is 0 Å². The van der Waals surface area contributed by atoms with Crippen LogP contribution in [-0.4, -0.2) is 18.1 Å². The maximum atomic E-state index is 10.7. The van der Waals surface area contributed by atoms with Gasteiger partial charge in [0.05, 0.1) is 13.5 Å². The average molecular weight is 153 g/mol. The van der Waals surface area contributed by atoms with Crippen LogP contribution in [0.15, 0.2) is 18.3 Å². The second-order valence-corrected chi connectivity index (χ2v) is 2.27. The number of carbonyl (C=O) groups is 1. The number of rotatable bonds is 3. The second-order valence-electron chi connectivity index (χ2n) is 2.27. The van der Waals surface area contributed by atoms with Gasteiger partial charge in [-0.25, -0.2) is 0 Å². The Labute approximate surface area is 65.4 Å². The van der Waals surface area contributed by atoms with E-state index >= 15 is 0 Å². The van der Waals surface area contributed by atoms with Gasteiger partial charge in [0.1, 0.15) is 0 Å². The quantitative estimate of drug-likeness (QED) is 0.661. The summed E-state index contributed by atoms with van der Waals surface area (Å²) in [6, 6.07) is 3.86. The predicted octanol–water partition coefficient (Wildman–Crippen LogP) is 1.12. The van der Waals surface area contributed by atoms with Crippen LogP contribution in [-0.2, 0) is 16.0 Å². The van der Waals surface area contributed by atoms with E-state index < -0.39 is 0 Å². The van der Waals surface area contributed by atoms with Crippen molar-refractivity contribution in [2.24, 2.45) is 0 Å². The number of aryl methyl sites for hydroxylation is 1. The maximum absolute atomic E-state index is 10.7. The Morgan fingerprint density at radius 1 is 1.73 bits per heavy atom. The molecule has 0 aliphatic heterocycles. The summed E-state index contributed by atoms with van der Waals surface area (Å²) in [6.07, 6.45) is 3.00. The van der Waals surface area contributed by atoms with Crippen molar-refractivity contribution in [3.8, 4) is 0 Å². The summed E-state index contributed by atoms with van der Waals surface area (Å²) in [5, 5.41) is 0. The minimum atomic E-state index is -0.167. The molecule has 0 saturated carbocycles. The zero-order valence-corrected chi connectivity index (χ0v) is 6.46. The van der Waals surface area contributed by atoms with Crippen molar-refractivity contribution in [1.29, 1.82) is 0 Å². The summed E-state index contributed by atoms with van der Waals surface area (Å²) < 4.78 is 4.50. The molecular weight excluding hydrogens is 142 g/mol. The SMILES string of the molecule is COC(=O)CCc1ccc[nH]1. The number of esters is 1. The smallest absolute Gasteiger partial charge is 0.305 e. The number of nitrogens with one attached hydrogen (secondary N) is 1. The molecule has 3 heteroatoms. The van der Waals surface area contributed by atoms with Crippen LogP contribution < -0.4 is 0 Å². The van der Waals surface area contributed by atoms with Crippen molar-refractivity contribution in [2.75, 3.05) is 7.11 Å². The van der Waals surface area contributed by atoms with Crippen LogP contribution in [0.5, 0.6) is 0 Å². The van der Waals surface area contributed by atoms with Gasteiger partial charge in [0.15, 0.2) is 0 Å². The highest BCUT2D eigenvalue weighted by molar-refractivity contribution is 5.69. The Hall–Kier alpha value is -1.25. The first-order chi connectivity index (χ1) is 5.33. The Morgan fingerprint density at radius 2 is 2.55 bits per heavy atom. The van der Waals surface area contributed by atoms with E-state index in [9.17, 15) is 4.79 Å². The molecule has 11 heavy (non-hydrogen) atoms. The highest BCUT2D eigenvalue weighted by atomic mass is 16.5. The third-order valence-corrected chi connectivity index (χ3v) is 1.49. The summed E-state index contributed by atoms with van der Waals surface area (Å²) in [7, 11) is 1.40. The van der Waals surface area contributed by atoms with Gasteiger partial charge in [0, 0.05) is 11.9 Å². The first-order valence-corrected chi connectivity index (χ1v) is 3.52. The van der Waals surface area contributed by atoms with E-state index in [0.29, 0.717) is 6.42 Å². The highest BCUT2D eigenvalue weighted by Crippen LogP contribution is 1.99. The summed E-state index contributed by atoms with van der Waals surface area (Å²) >= 11 is 0. The van der Waals surface area contributed by atoms with Crippen molar-refractivity contribution >= 4 is 5.97 Å². The summed E-state index contributed by atoms with van der Waals surface area (Å²) in [5.74, 6) is -0.167. The third-order valence-electron chi connectivity index (χ3n) is 1.49. The van der Waals surface area contributed by atoms with Gasteiger partial charge in [-0.05, 0) is 18.6 Å². The van der Waals surface area contributed by atoms with E-state index in [2.05, 4.69) is 9.72 Å². The molecular formula is C8H11NO2. The van der Waals surface area contributed by atoms with Crippen LogP contribution in [0.1, 0.15) is 12.1 Å². The molecule has 1 rings (SSSR count). The average Bonchev–Trinajstić information content (AvgIpc) is 2.52. The van der Waals surface area contributed by atoms with E-state index in [-0.39, 0.29) is 5.97 Å². The van der Waals surface area contributed by atoms with Gasteiger partial charge in [0.2, 0.25) is 0 Å². The number of aromatic nitrogens is 1. The topological polar surface area (TPSA) is 42.1 Å².